The molecule has 3 aliphatic rings. The van der Waals surface area contributed by atoms with Gasteiger partial charge in [-0.25, -0.2) is 0 Å². The first-order chi connectivity index (χ1) is 6.27. The van der Waals surface area contributed by atoms with Crippen molar-refractivity contribution in [2.75, 3.05) is 0 Å². The van der Waals surface area contributed by atoms with Crippen LogP contribution < -0.4 is 0 Å². The van der Waals surface area contributed by atoms with Crippen LogP contribution in [-0.2, 0) is 9.59 Å². The van der Waals surface area contributed by atoms with Crippen molar-refractivity contribution in [1.82, 2.24) is 4.90 Å². The number of hydrogen-bond acceptors (Lipinski definition) is 2. The minimum Gasteiger partial charge on any atom is -0.329 e. The Morgan fingerprint density at radius 3 is 2.46 bits per heavy atom. The number of carbonyl (C=O) groups is 2. The molecule has 0 spiro atoms. The molecule has 0 radical (unpaired) electrons. The largest absolute Gasteiger partial charge is 0.329 e. The lowest BCUT2D eigenvalue weighted by Gasteiger charge is -2.20. The molecular formula is C10H13NO2. The summed E-state index contributed by atoms with van der Waals surface area (Å²) in [6.07, 6.45) is 4.69. The second kappa shape index (κ2) is 2.34. The topological polar surface area (TPSA) is 37.4 Å². The van der Waals surface area contributed by atoms with Gasteiger partial charge in [0.05, 0.1) is 6.04 Å². The number of nitrogens with zero attached hydrogens (tertiary/aromatic N) is 1. The Balaban J connectivity index is 1.84. The summed E-state index contributed by atoms with van der Waals surface area (Å²) in [6, 6.07) is 0.240. The number of carbonyl (C=O) groups excluding carboxylic acids is 2. The number of rotatable bonds is 1. The van der Waals surface area contributed by atoms with Crippen molar-refractivity contribution >= 4 is 11.7 Å². The Morgan fingerprint density at radius 1 is 1.23 bits per heavy atom. The Hall–Kier alpha value is -0.860. The van der Waals surface area contributed by atoms with Crippen LogP contribution in [0.25, 0.3) is 0 Å². The first kappa shape index (κ1) is 7.54. The summed E-state index contributed by atoms with van der Waals surface area (Å²) in [5, 5.41) is 0. The molecule has 3 nitrogen and oxygen atoms in total. The van der Waals surface area contributed by atoms with Crippen LogP contribution in [-0.4, -0.2) is 28.7 Å². The number of fused-ring (bicyclic) bond motifs is 2. The van der Waals surface area contributed by atoms with Gasteiger partial charge in [0.15, 0.2) is 5.78 Å². The first-order valence-electron chi connectivity index (χ1n) is 5.12. The molecule has 0 aromatic carbocycles. The van der Waals surface area contributed by atoms with Crippen molar-refractivity contribution in [3.05, 3.63) is 0 Å². The van der Waals surface area contributed by atoms with E-state index in [1.807, 2.05) is 4.90 Å². The lowest BCUT2D eigenvalue weighted by molar-refractivity contribution is -0.135. The Morgan fingerprint density at radius 2 is 2.00 bits per heavy atom. The molecular weight excluding hydrogens is 166 g/mol. The molecule has 0 aromatic heterocycles. The molecule has 0 aromatic rings. The summed E-state index contributed by atoms with van der Waals surface area (Å²) in [5.41, 5.74) is 0. The molecule has 3 heteroatoms. The van der Waals surface area contributed by atoms with Gasteiger partial charge in [-0.3, -0.25) is 9.59 Å². The van der Waals surface area contributed by atoms with Crippen molar-refractivity contribution < 1.29 is 9.59 Å². The summed E-state index contributed by atoms with van der Waals surface area (Å²) < 4.78 is 0. The Kier molecular flexibility index (Phi) is 1.35. The molecule has 2 atom stereocenters. The standard InChI is InChI=1S/C10H13NO2/c12-9-5-7-3-4-8(9)11(7)10(13)6-1-2-6/h6-8H,1-5H2. The Bertz CT molecular complexity index is 283. The predicted octanol–water partition coefficient (Wildman–Crippen LogP) is 0.729. The third-order valence-corrected chi connectivity index (χ3v) is 3.49. The highest BCUT2D eigenvalue weighted by Gasteiger charge is 2.50. The zero-order chi connectivity index (χ0) is 9.00. The van der Waals surface area contributed by atoms with Crippen LogP contribution in [0.4, 0.5) is 0 Å². The van der Waals surface area contributed by atoms with Crippen LogP contribution >= 0.6 is 0 Å². The van der Waals surface area contributed by atoms with Crippen molar-refractivity contribution in [2.24, 2.45) is 5.92 Å². The van der Waals surface area contributed by atoms with Gasteiger partial charge in [0.25, 0.3) is 0 Å². The maximum absolute atomic E-state index is 11.8. The normalized spacial score (nSPS) is 37.2. The summed E-state index contributed by atoms with van der Waals surface area (Å²) in [4.78, 5) is 25.1. The van der Waals surface area contributed by atoms with Crippen LogP contribution in [0.2, 0.25) is 0 Å². The van der Waals surface area contributed by atoms with Gasteiger partial charge in [-0.2, -0.15) is 0 Å². The van der Waals surface area contributed by atoms with E-state index in [1.54, 1.807) is 0 Å². The summed E-state index contributed by atoms with van der Waals surface area (Å²) >= 11 is 0. The number of Topliss-reactive ketones (excluding diaryl/α,β-unsaturated/α-hetero) is 1. The fourth-order valence-corrected chi connectivity index (χ4v) is 2.64. The molecule has 1 aliphatic carbocycles. The van der Waals surface area contributed by atoms with E-state index in [0.717, 1.165) is 25.7 Å². The van der Waals surface area contributed by atoms with Gasteiger partial charge in [0.1, 0.15) is 0 Å². The summed E-state index contributed by atoms with van der Waals surface area (Å²) in [5.74, 6) is 0.831. The third-order valence-electron chi connectivity index (χ3n) is 3.49. The highest BCUT2D eigenvalue weighted by molar-refractivity contribution is 5.95. The lowest BCUT2D eigenvalue weighted by Crippen LogP contribution is -2.37. The molecule has 2 bridgehead atoms. The van der Waals surface area contributed by atoms with Gasteiger partial charge in [0.2, 0.25) is 5.91 Å². The third kappa shape index (κ3) is 0.960. The van der Waals surface area contributed by atoms with Crippen molar-refractivity contribution in [3.8, 4) is 0 Å². The fourth-order valence-electron chi connectivity index (χ4n) is 2.64. The molecule has 2 saturated heterocycles. The monoisotopic (exact) mass is 179 g/mol. The average molecular weight is 179 g/mol. The molecule has 13 heavy (non-hydrogen) atoms. The van der Waals surface area contributed by atoms with Gasteiger partial charge >= 0.3 is 0 Å². The SMILES string of the molecule is O=C1CC2CCC1N2C(=O)C1CC1. The molecule has 1 saturated carbocycles. The van der Waals surface area contributed by atoms with Gasteiger partial charge in [0, 0.05) is 18.4 Å². The zero-order valence-electron chi connectivity index (χ0n) is 7.53. The van der Waals surface area contributed by atoms with Gasteiger partial charge in [-0.1, -0.05) is 0 Å². The maximum Gasteiger partial charge on any atom is 0.226 e. The van der Waals surface area contributed by atoms with E-state index >= 15 is 0 Å². The van der Waals surface area contributed by atoms with Gasteiger partial charge in [-0.05, 0) is 25.7 Å². The summed E-state index contributed by atoms with van der Waals surface area (Å²) in [6.45, 7) is 0. The molecule has 2 heterocycles. The van der Waals surface area contributed by atoms with Gasteiger partial charge < -0.3 is 4.90 Å². The second-order valence-electron chi connectivity index (χ2n) is 4.44. The average Bonchev–Trinajstić information content (AvgIpc) is 2.82. The highest BCUT2D eigenvalue weighted by atomic mass is 16.2. The van der Waals surface area contributed by atoms with E-state index in [0.29, 0.717) is 12.2 Å². The molecule has 1 amide bonds. The van der Waals surface area contributed by atoms with Crippen molar-refractivity contribution in [3.63, 3.8) is 0 Å². The minimum atomic E-state index is -0.0295. The molecule has 2 aliphatic heterocycles. The molecule has 3 rings (SSSR count). The lowest BCUT2D eigenvalue weighted by atomic mass is 10.00. The minimum absolute atomic E-state index is 0.0295. The number of ketones is 1. The van der Waals surface area contributed by atoms with E-state index in [9.17, 15) is 9.59 Å². The quantitative estimate of drug-likeness (QED) is 0.595. The molecule has 2 unspecified atom stereocenters. The first-order valence-corrected chi connectivity index (χ1v) is 5.12. The highest BCUT2D eigenvalue weighted by Crippen LogP contribution is 2.40. The summed E-state index contributed by atoms with van der Waals surface area (Å²) in [7, 11) is 0. The van der Waals surface area contributed by atoms with Crippen LogP contribution in [0.1, 0.15) is 32.1 Å². The van der Waals surface area contributed by atoms with Crippen LogP contribution in [0.15, 0.2) is 0 Å². The molecule has 70 valence electrons. The number of amides is 1. The predicted molar refractivity (Wildman–Crippen MR) is 46.0 cm³/mol. The molecule has 0 N–H and O–H groups in total. The zero-order valence-corrected chi connectivity index (χ0v) is 7.53. The van der Waals surface area contributed by atoms with E-state index in [1.165, 1.54) is 0 Å². The van der Waals surface area contributed by atoms with E-state index < -0.39 is 0 Å². The van der Waals surface area contributed by atoms with Crippen LogP contribution in [0.5, 0.6) is 0 Å². The van der Waals surface area contributed by atoms with Crippen molar-refractivity contribution in [2.45, 2.75) is 44.2 Å². The van der Waals surface area contributed by atoms with Crippen LogP contribution in [0, 0.1) is 5.92 Å². The number of hydrogen-bond donors (Lipinski definition) is 0. The van der Waals surface area contributed by atoms with Gasteiger partial charge in [-0.15, -0.1) is 0 Å². The second-order valence-corrected chi connectivity index (χ2v) is 4.44. The van der Waals surface area contributed by atoms with Crippen LogP contribution in [0.3, 0.4) is 0 Å². The van der Waals surface area contributed by atoms with Crippen molar-refractivity contribution in [1.29, 1.82) is 0 Å². The van der Waals surface area contributed by atoms with E-state index in [2.05, 4.69) is 0 Å². The maximum atomic E-state index is 11.8. The van der Waals surface area contributed by atoms with E-state index in [4.69, 9.17) is 0 Å². The Labute approximate surface area is 77.1 Å². The smallest absolute Gasteiger partial charge is 0.226 e. The fraction of sp³-hybridized carbons (Fsp3) is 0.800. The molecule has 3 fully saturated rings. The van der Waals surface area contributed by atoms with E-state index in [-0.39, 0.29) is 23.9 Å².